The first-order valence-corrected chi connectivity index (χ1v) is 11.2. The molecule has 1 saturated heterocycles. The number of carbonyl (C=O) groups excluding carboxylic acids is 2. The lowest BCUT2D eigenvalue weighted by Gasteiger charge is -2.23. The number of esters is 1. The van der Waals surface area contributed by atoms with Crippen LogP contribution >= 0.6 is 0 Å². The Kier molecular flexibility index (Phi) is 6.16. The molecule has 1 fully saturated rings. The second-order valence-corrected chi connectivity index (χ2v) is 9.48. The predicted octanol–water partition coefficient (Wildman–Crippen LogP) is 0.841. The number of benzene rings is 1. The van der Waals surface area contributed by atoms with Gasteiger partial charge in [-0.25, -0.2) is 13.2 Å². The first-order valence-electron chi connectivity index (χ1n) is 9.33. The molecule has 2 heterocycles. The van der Waals surface area contributed by atoms with E-state index in [1.807, 2.05) is 0 Å². The normalized spacial score (nSPS) is 17.6. The fourth-order valence-electron chi connectivity index (χ4n) is 3.42. The Bertz CT molecular complexity index is 1150. The number of hydrogen-bond acceptors (Lipinski definition) is 8. The van der Waals surface area contributed by atoms with Crippen LogP contribution in [-0.4, -0.2) is 63.5 Å². The molecule has 1 aromatic carbocycles. The number of fused-ring (bicyclic) bond motifs is 1. The smallest absolute Gasteiger partial charge is 0.340 e. The molecule has 1 atom stereocenters. The number of aryl methyl sites for hydroxylation is 1. The lowest BCUT2D eigenvalue weighted by molar-refractivity contribution is -0.139. The highest BCUT2D eigenvalue weighted by molar-refractivity contribution is 7.91. The van der Waals surface area contributed by atoms with Gasteiger partial charge in [-0.15, -0.1) is 0 Å². The molecule has 0 bridgehead atoms. The van der Waals surface area contributed by atoms with E-state index < -0.39 is 21.4 Å². The Balaban J connectivity index is 1.73. The summed E-state index contributed by atoms with van der Waals surface area (Å²) in [6.45, 7) is 1.44. The molecule has 0 N–H and O–H groups in total. The summed E-state index contributed by atoms with van der Waals surface area (Å²) in [6.07, 6.45) is 0.232. The Morgan fingerprint density at radius 2 is 2.03 bits per heavy atom. The number of nitrogens with zero attached hydrogens (tertiary/aromatic N) is 1. The highest BCUT2D eigenvalue weighted by atomic mass is 32.2. The minimum absolute atomic E-state index is 0.0381. The van der Waals surface area contributed by atoms with Crippen molar-refractivity contribution < 1.29 is 31.9 Å². The van der Waals surface area contributed by atoms with Crippen molar-refractivity contribution in [2.75, 3.05) is 32.3 Å². The van der Waals surface area contributed by atoms with E-state index in [2.05, 4.69) is 4.74 Å². The summed E-state index contributed by atoms with van der Waals surface area (Å²) in [6, 6.07) is 4.46. The fourth-order valence-corrected chi connectivity index (χ4v) is 5.19. The predicted molar refractivity (Wildman–Crippen MR) is 108 cm³/mol. The molecule has 1 amide bonds. The van der Waals surface area contributed by atoms with Gasteiger partial charge in [0, 0.05) is 24.5 Å². The number of ether oxygens (including phenoxy) is 2. The van der Waals surface area contributed by atoms with Crippen LogP contribution in [0.5, 0.6) is 5.75 Å². The van der Waals surface area contributed by atoms with Crippen molar-refractivity contribution in [2.24, 2.45) is 0 Å². The maximum Gasteiger partial charge on any atom is 0.340 e. The van der Waals surface area contributed by atoms with E-state index in [1.165, 1.54) is 18.1 Å². The van der Waals surface area contributed by atoms with Crippen LogP contribution in [0.4, 0.5) is 0 Å². The quantitative estimate of drug-likeness (QED) is 0.482. The maximum atomic E-state index is 12.4. The van der Waals surface area contributed by atoms with Crippen molar-refractivity contribution in [3.63, 3.8) is 0 Å². The molecule has 1 aliphatic rings. The van der Waals surface area contributed by atoms with Gasteiger partial charge in [-0.3, -0.25) is 9.59 Å². The maximum absolute atomic E-state index is 12.4. The van der Waals surface area contributed by atoms with E-state index in [1.54, 1.807) is 26.1 Å². The summed E-state index contributed by atoms with van der Waals surface area (Å²) < 4.78 is 38.6. The van der Waals surface area contributed by atoms with Gasteiger partial charge < -0.3 is 18.8 Å². The molecule has 0 unspecified atom stereocenters. The molecule has 0 radical (unpaired) electrons. The minimum Gasteiger partial charge on any atom is -0.484 e. The van der Waals surface area contributed by atoms with Crippen LogP contribution in [0.2, 0.25) is 0 Å². The molecule has 9 nitrogen and oxygen atoms in total. The molecule has 2 aromatic rings. The highest BCUT2D eigenvalue weighted by Crippen LogP contribution is 2.25. The summed E-state index contributed by atoms with van der Waals surface area (Å²) in [4.78, 5) is 37.5. The van der Waals surface area contributed by atoms with Gasteiger partial charge in [0.1, 0.15) is 11.3 Å². The van der Waals surface area contributed by atoms with E-state index in [0.29, 0.717) is 23.1 Å². The van der Waals surface area contributed by atoms with Gasteiger partial charge in [-0.05, 0) is 31.0 Å². The van der Waals surface area contributed by atoms with Crippen LogP contribution in [0.3, 0.4) is 0 Å². The van der Waals surface area contributed by atoms with Crippen molar-refractivity contribution in [3.05, 3.63) is 39.7 Å². The molecule has 0 spiro atoms. The number of likely N-dealkylation sites (N-methyl/N-ethyl adjacent to an activating group) is 1. The Hall–Kier alpha value is -2.88. The number of hydrogen-bond donors (Lipinski definition) is 0. The van der Waals surface area contributed by atoms with Crippen molar-refractivity contribution in [3.8, 4) is 5.75 Å². The van der Waals surface area contributed by atoms with Crippen LogP contribution < -0.4 is 10.4 Å². The Morgan fingerprint density at radius 1 is 1.30 bits per heavy atom. The zero-order chi connectivity index (χ0) is 22.1. The molecule has 10 heteroatoms. The zero-order valence-corrected chi connectivity index (χ0v) is 17.8. The summed E-state index contributed by atoms with van der Waals surface area (Å²) in [5, 5.41) is 0.639. The SMILES string of the molecule is COC(=O)Cc1c(C)c2ccc(OCC(=O)N(C)[C@H]3CCS(=O)(=O)C3)cc2oc1=O. The molecular formula is C20H23NO8S. The second-order valence-electron chi connectivity index (χ2n) is 7.25. The van der Waals surface area contributed by atoms with Crippen LogP contribution in [0.1, 0.15) is 17.5 Å². The molecule has 1 aliphatic heterocycles. The average molecular weight is 437 g/mol. The van der Waals surface area contributed by atoms with E-state index in [9.17, 15) is 22.8 Å². The third-order valence-corrected chi connectivity index (χ3v) is 7.07. The van der Waals surface area contributed by atoms with Crippen LogP contribution in [0, 0.1) is 6.92 Å². The highest BCUT2D eigenvalue weighted by Gasteiger charge is 2.32. The number of amides is 1. The van der Waals surface area contributed by atoms with Gasteiger partial charge in [0.25, 0.3) is 5.91 Å². The standard InChI is InChI=1S/C20H23NO8S/c1-12-15-5-4-14(8-17(15)29-20(24)16(12)9-19(23)27-3)28-10-18(22)21(2)13-6-7-30(25,26)11-13/h4-5,8,13H,6-7,9-11H2,1-3H3/t13-/m0/s1. The summed E-state index contributed by atoms with van der Waals surface area (Å²) in [7, 11) is -0.290. The van der Waals surface area contributed by atoms with Gasteiger partial charge in [0.15, 0.2) is 16.4 Å². The van der Waals surface area contributed by atoms with E-state index in [4.69, 9.17) is 9.15 Å². The number of sulfone groups is 1. The lowest BCUT2D eigenvalue weighted by atomic mass is 10.0. The first kappa shape index (κ1) is 21.8. The van der Waals surface area contributed by atoms with Crippen LogP contribution in [0.25, 0.3) is 11.0 Å². The lowest BCUT2D eigenvalue weighted by Crippen LogP contribution is -2.40. The van der Waals surface area contributed by atoms with Gasteiger partial charge >= 0.3 is 11.6 Å². The summed E-state index contributed by atoms with van der Waals surface area (Å²) in [5.41, 5.74) is 0.467. The van der Waals surface area contributed by atoms with Crippen molar-refractivity contribution in [2.45, 2.75) is 25.8 Å². The van der Waals surface area contributed by atoms with Gasteiger partial charge in [-0.2, -0.15) is 0 Å². The van der Waals surface area contributed by atoms with Gasteiger partial charge in [0.2, 0.25) is 0 Å². The Morgan fingerprint density at radius 3 is 2.67 bits per heavy atom. The molecule has 3 rings (SSSR count). The molecule has 30 heavy (non-hydrogen) atoms. The van der Waals surface area contributed by atoms with Crippen LogP contribution in [0.15, 0.2) is 27.4 Å². The monoisotopic (exact) mass is 437 g/mol. The van der Waals surface area contributed by atoms with Crippen molar-refractivity contribution in [1.29, 1.82) is 0 Å². The molecule has 1 aromatic heterocycles. The van der Waals surface area contributed by atoms with E-state index in [-0.39, 0.29) is 47.6 Å². The second kappa shape index (κ2) is 8.47. The first-order chi connectivity index (χ1) is 14.1. The summed E-state index contributed by atoms with van der Waals surface area (Å²) >= 11 is 0. The van der Waals surface area contributed by atoms with E-state index >= 15 is 0 Å². The molecule has 162 valence electrons. The molecular weight excluding hydrogens is 414 g/mol. The summed E-state index contributed by atoms with van der Waals surface area (Å²) in [5.74, 6) is -0.516. The fraction of sp³-hybridized carbons (Fsp3) is 0.450. The third kappa shape index (κ3) is 4.64. The number of carbonyl (C=O) groups is 2. The molecule has 0 aliphatic carbocycles. The zero-order valence-electron chi connectivity index (χ0n) is 17.0. The van der Waals surface area contributed by atoms with Gasteiger partial charge in [-0.1, -0.05) is 0 Å². The number of methoxy groups -OCH3 is 1. The Labute approximate surface area is 173 Å². The number of rotatable bonds is 6. The third-order valence-electron chi connectivity index (χ3n) is 5.32. The minimum atomic E-state index is -3.09. The topological polar surface area (TPSA) is 120 Å². The van der Waals surface area contributed by atoms with E-state index in [0.717, 1.165) is 0 Å². The van der Waals surface area contributed by atoms with Crippen molar-refractivity contribution in [1.82, 2.24) is 4.90 Å². The van der Waals surface area contributed by atoms with Crippen LogP contribution in [-0.2, 0) is 30.6 Å². The van der Waals surface area contributed by atoms with Crippen molar-refractivity contribution >= 4 is 32.7 Å². The average Bonchev–Trinajstić information content (AvgIpc) is 3.07. The van der Waals surface area contributed by atoms with Gasteiger partial charge in [0.05, 0.1) is 30.6 Å². The largest absolute Gasteiger partial charge is 0.484 e. The molecule has 0 saturated carbocycles.